The third kappa shape index (κ3) is 2.32. The Balaban J connectivity index is 1.95. The van der Waals surface area contributed by atoms with Crippen LogP contribution in [0.25, 0.3) is 11.2 Å². The van der Waals surface area contributed by atoms with Crippen molar-refractivity contribution >= 4 is 22.8 Å². The van der Waals surface area contributed by atoms with Crippen LogP contribution >= 0.6 is 11.6 Å². The summed E-state index contributed by atoms with van der Waals surface area (Å²) in [5, 5.41) is 4.74. The first kappa shape index (κ1) is 12.9. The highest BCUT2D eigenvalue weighted by atomic mass is 35.5. The molecule has 5 nitrogen and oxygen atoms in total. The molecule has 0 spiro atoms. The van der Waals surface area contributed by atoms with Gasteiger partial charge in [-0.25, -0.2) is 14.6 Å². The van der Waals surface area contributed by atoms with Crippen molar-refractivity contribution in [2.24, 2.45) is 0 Å². The molecule has 0 atom stereocenters. The molecular formula is C14H13ClN4O. The fourth-order valence-corrected chi connectivity index (χ4v) is 2.11. The number of ether oxygens (including phenoxy) is 1. The average Bonchev–Trinajstić information content (AvgIpc) is 2.83. The summed E-state index contributed by atoms with van der Waals surface area (Å²) in [6.07, 6.45) is 1.68. The van der Waals surface area contributed by atoms with Crippen LogP contribution in [0.2, 0.25) is 5.15 Å². The van der Waals surface area contributed by atoms with Gasteiger partial charge in [0.25, 0.3) is 0 Å². The van der Waals surface area contributed by atoms with E-state index in [4.69, 9.17) is 16.3 Å². The second kappa shape index (κ2) is 5.09. The summed E-state index contributed by atoms with van der Waals surface area (Å²) in [4.78, 5) is 8.71. The first-order chi connectivity index (χ1) is 9.67. The molecule has 3 rings (SSSR count). The number of nitrogens with zero attached hydrogens (tertiary/aromatic N) is 4. The molecule has 0 saturated heterocycles. The van der Waals surface area contributed by atoms with E-state index in [9.17, 15) is 0 Å². The van der Waals surface area contributed by atoms with Crippen molar-refractivity contribution in [3.05, 3.63) is 46.9 Å². The van der Waals surface area contributed by atoms with Crippen molar-refractivity contribution in [2.75, 3.05) is 7.11 Å². The molecule has 0 N–H and O–H groups in total. The lowest BCUT2D eigenvalue weighted by Crippen LogP contribution is -2.03. The summed E-state index contributed by atoms with van der Waals surface area (Å²) in [6, 6.07) is 7.86. The highest BCUT2D eigenvalue weighted by molar-refractivity contribution is 6.30. The maximum absolute atomic E-state index is 5.97. The van der Waals surface area contributed by atoms with Crippen molar-refractivity contribution in [1.29, 1.82) is 0 Å². The first-order valence-electron chi connectivity index (χ1n) is 6.16. The summed E-state index contributed by atoms with van der Waals surface area (Å²) in [5.74, 6) is 0.835. The molecule has 102 valence electrons. The maximum Gasteiger partial charge on any atom is 0.177 e. The Morgan fingerprint density at radius 2 is 1.95 bits per heavy atom. The smallest absolute Gasteiger partial charge is 0.177 e. The van der Waals surface area contributed by atoms with E-state index in [-0.39, 0.29) is 0 Å². The molecule has 0 aliphatic rings. The summed E-state index contributed by atoms with van der Waals surface area (Å²) in [7, 11) is 1.65. The van der Waals surface area contributed by atoms with E-state index < -0.39 is 0 Å². The number of fused-ring (bicyclic) bond motifs is 1. The van der Waals surface area contributed by atoms with Crippen molar-refractivity contribution in [3.63, 3.8) is 0 Å². The Hall–Kier alpha value is -2.14. The van der Waals surface area contributed by atoms with E-state index in [1.54, 1.807) is 13.3 Å². The van der Waals surface area contributed by atoms with Crippen LogP contribution < -0.4 is 4.74 Å². The third-order valence-electron chi connectivity index (χ3n) is 3.08. The van der Waals surface area contributed by atoms with E-state index in [0.29, 0.717) is 22.9 Å². The molecule has 6 heteroatoms. The van der Waals surface area contributed by atoms with Gasteiger partial charge in [-0.1, -0.05) is 23.7 Å². The topological polar surface area (TPSA) is 52.8 Å². The van der Waals surface area contributed by atoms with Gasteiger partial charge in [0.1, 0.15) is 11.3 Å². The van der Waals surface area contributed by atoms with Crippen molar-refractivity contribution < 1.29 is 4.74 Å². The largest absolute Gasteiger partial charge is 0.497 e. The minimum absolute atomic E-state index is 0.418. The lowest BCUT2D eigenvalue weighted by Gasteiger charge is -2.05. The highest BCUT2D eigenvalue weighted by Crippen LogP contribution is 2.18. The lowest BCUT2D eigenvalue weighted by molar-refractivity contribution is 0.414. The predicted octanol–water partition coefficient (Wildman–Crippen LogP) is 2.85. The number of hydrogen-bond donors (Lipinski definition) is 0. The van der Waals surface area contributed by atoms with Crippen molar-refractivity contribution in [1.82, 2.24) is 19.7 Å². The molecular weight excluding hydrogens is 276 g/mol. The highest BCUT2D eigenvalue weighted by Gasteiger charge is 2.09. The Kier molecular flexibility index (Phi) is 3.28. The Bertz CT molecular complexity index is 752. The standard InChI is InChI=1S/C14H13ClN4O/c1-9-13(15)18-12-7-16-19(14(12)17-9)8-10-3-5-11(20-2)6-4-10/h3-7H,8H2,1-2H3. The number of aryl methyl sites for hydroxylation is 1. The molecule has 3 aromatic rings. The van der Waals surface area contributed by atoms with Crippen LogP contribution in [-0.2, 0) is 6.54 Å². The molecule has 0 saturated carbocycles. The minimum atomic E-state index is 0.418. The van der Waals surface area contributed by atoms with Crippen LogP contribution in [0, 0.1) is 6.92 Å². The fraction of sp³-hybridized carbons (Fsp3) is 0.214. The zero-order valence-electron chi connectivity index (χ0n) is 11.2. The van der Waals surface area contributed by atoms with Gasteiger partial charge < -0.3 is 4.74 Å². The zero-order valence-corrected chi connectivity index (χ0v) is 11.9. The van der Waals surface area contributed by atoms with Gasteiger partial charge in [0.05, 0.1) is 25.5 Å². The van der Waals surface area contributed by atoms with Crippen LogP contribution in [0.1, 0.15) is 11.3 Å². The zero-order chi connectivity index (χ0) is 14.1. The van der Waals surface area contributed by atoms with Crippen molar-refractivity contribution in [2.45, 2.75) is 13.5 Å². The number of halogens is 1. The van der Waals surface area contributed by atoms with Crippen LogP contribution in [0.15, 0.2) is 30.5 Å². The Labute approximate surface area is 121 Å². The molecule has 0 amide bonds. The second-order valence-corrected chi connectivity index (χ2v) is 4.82. The van der Waals surface area contributed by atoms with E-state index >= 15 is 0 Å². The van der Waals surface area contributed by atoms with Gasteiger partial charge in [0.15, 0.2) is 10.8 Å². The van der Waals surface area contributed by atoms with Crippen LogP contribution in [0.5, 0.6) is 5.75 Å². The molecule has 0 bridgehead atoms. The van der Waals surface area contributed by atoms with E-state index in [0.717, 1.165) is 17.0 Å². The van der Waals surface area contributed by atoms with Gasteiger partial charge in [-0.15, -0.1) is 0 Å². The monoisotopic (exact) mass is 288 g/mol. The number of methoxy groups -OCH3 is 1. The molecule has 0 unspecified atom stereocenters. The van der Waals surface area contributed by atoms with Gasteiger partial charge in [-0.05, 0) is 24.6 Å². The quantitative estimate of drug-likeness (QED) is 0.744. The van der Waals surface area contributed by atoms with Crippen molar-refractivity contribution in [3.8, 4) is 5.75 Å². The SMILES string of the molecule is COc1ccc(Cn2ncc3nc(Cl)c(C)nc32)cc1. The number of hydrogen-bond acceptors (Lipinski definition) is 4. The molecule has 0 aliphatic carbocycles. The Morgan fingerprint density at radius 3 is 2.65 bits per heavy atom. The number of aromatic nitrogens is 4. The van der Waals surface area contributed by atoms with E-state index in [1.165, 1.54) is 0 Å². The van der Waals surface area contributed by atoms with Crippen LogP contribution in [0.4, 0.5) is 0 Å². The third-order valence-corrected chi connectivity index (χ3v) is 3.43. The summed E-state index contributed by atoms with van der Waals surface area (Å²) in [6.45, 7) is 2.46. The summed E-state index contributed by atoms with van der Waals surface area (Å²) >= 11 is 5.97. The molecule has 20 heavy (non-hydrogen) atoms. The molecule has 2 aromatic heterocycles. The fourth-order valence-electron chi connectivity index (χ4n) is 1.97. The first-order valence-corrected chi connectivity index (χ1v) is 6.54. The van der Waals surface area contributed by atoms with E-state index in [2.05, 4.69) is 15.1 Å². The second-order valence-electron chi connectivity index (χ2n) is 4.46. The molecule has 2 heterocycles. The summed E-state index contributed by atoms with van der Waals surface area (Å²) in [5.41, 5.74) is 3.26. The van der Waals surface area contributed by atoms with Gasteiger partial charge in [0.2, 0.25) is 0 Å². The van der Waals surface area contributed by atoms with Gasteiger partial charge >= 0.3 is 0 Å². The molecule has 0 radical (unpaired) electrons. The molecule has 1 aromatic carbocycles. The van der Waals surface area contributed by atoms with Crippen LogP contribution in [0.3, 0.4) is 0 Å². The average molecular weight is 289 g/mol. The van der Waals surface area contributed by atoms with Gasteiger partial charge in [0, 0.05) is 0 Å². The summed E-state index contributed by atoms with van der Waals surface area (Å²) < 4.78 is 6.96. The van der Waals surface area contributed by atoms with Crippen LogP contribution in [-0.4, -0.2) is 26.9 Å². The number of rotatable bonds is 3. The van der Waals surface area contributed by atoms with E-state index in [1.807, 2.05) is 35.9 Å². The van der Waals surface area contributed by atoms with Gasteiger partial charge in [-0.3, -0.25) is 0 Å². The lowest BCUT2D eigenvalue weighted by atomic mass is 10.2. The van der Waals surface area contributed by atoms with Gasteiger partial charge in [-0.2, -0.15) is 5.10 Å². The molecule has 0 fully saturated rings. The molecule has 0 aliphatic heterocycles. The minimum Gasteiger partial charge on any atom is -0.497 e. The predicted molar refractivity (Wildman–Crippen MR) is 77.2 cm³/mol. The number of benzene rings is 1. The maximum atomic E-state index is 5.97. The normalized spacial score (nSPS) is 10.9. The Morgan fingerprint density at radius 1 is 1.20 bits per heavy atom.